The highest BCUT2D eigenvalue weighted by Gasteiger charge is 2.40. The van der Waals surface area contributed by atoms with Crippen LogP contribution in [0.3, 0.4) is 0 Å². The fraction of sp³-hybridized carbons (Fsp3) is 0.481. The second kappa shape index (κ2) is 8.36. The Morgan fingerprint density at radius 2 is 1.94 bits per heavy atom. The number of nitrogens with one attached hydrogen (secondary N) is 1. The molecular weight excluding hydrogens is 394 g/mol. The van der Waals surface area contributed by atoms with Crippen molar-refractivity contribution < 1.29 is 0 Å². The first-order valence-corrected chi connectivity index (χ1v) is 12.0. The lowest BCUT2D eigenvalue weighted by Crippen LogP contribution is -2.42. The number of aryl methyl sites for hydroxylation is 1. The zero-order valence-electron chi connectivity index (χ0n) is 19.9. The van der Waals surface area contributed by atoms with Crippen LogP contribution in [0.2, 0.25) is 0 Å². The van der Waals surface area contributed by atoms with E-state index in [4.69, 9.17) is 0 Å². The zero-order chi connectivity index (χ0) is 22.3. The van der Waals surface area contributed by atoms with Gasteiger partial charge in [-0.1, -0.05) is 24.3 Å². The van der Waals surface area contributed by atoms with Crippen LogP contribution in [0.1, 0.15) is 48.9 Å². The number of piperidine rings is 1. The molecule has 2 fully saturated rings. The first-order valence-electron chi connectivity index (χ1n) is 12.0. The highest BCUT2D eigenvalue weighted by atomic mass is 15.2. The van der Waals surface area contributed by atoms with E-state index in [0.717, 1.165) is 29.7 Å². The topological polar surface area (TPSA) is 44.3 Å². The molecule has 2 aliphatic heterocycles. The summed E-state index contributed by atoms with van der Waals surface area (Å²) >= 11 is 0. The SMILES string of the molecule is Cc1cccc([C@@H](C)Nc2nncc3ccc(N4CCC5(CCCN(C)C5)C4)cc23)c1C. The Labute approximate surface area is 191 Å². The number of rotatable bonds is 4. The molecule has 168 valence electrons. The predicted octanol–water partition coefficient (Wildman–Crippen LogP) is 5.34. The highest BCUT2D eigenvalue weighted by molar-refractivity contribution is 5.93. The van der Waals surface area contributed by atoms with Gasteiger partial charge >= 0.3 is 0 Å². The first-order chi connectivity index (χ1) is 15.4. The van der Waals surface area contributed by atoms with Gasteiger partial charge < -0.3 is 15.1 Å². The summed E-state index contributed by atoms with van der Waals surface area (Å²) in [6.07, 6.45) is 5.84. The molecule has 1 spiro atoms. The summed E-state index contributed by atoms with van der Waals surface area (Å²) < 4.78 is 0. The largest absolute Gasteiger partial charge is 0.371 e. The number of likely N-dealkylation sites (tertiary alicyclic amines) is 1. The van der Waals surface area contributed by atoms with Gasteiger partial charge in [0.25, 0.3) is 0 Å². The van der Waals surface area contributed by atoms with Gasteiger partial charge in [0, 0.05) is 41.5 Å². The summed E-state index contributed by atoms with van der Waals surface area (Å²) in [4.78, 5) is 5.09. The minimum atomic E-state index is 0.159. The third-order valence-corrected chi connectivity index (χ3v) is 7.77. The molecule has 5 nitrogen and oxygen atoms in total. The average molecular weight is 430 g/mol. The lowest BCUT2D eigenvalue weighted by atomic mass is 9.79. The zero-order valence-corrected chi connectivity index (χ0v) is 19.9. The van der Waals surface area contributed by atoms with Crippen LogP contribution in [0.15, 0.2) is 42.6 Å². The van der Waals surface area contributed by atoms with Crippen molar-refractivity contribution in [2.24, 2.45) is 5.41 Å². The molecule has 2 aliphatic rings. The third kappa shape index (κ3) is 3.95. The van der Waals surface area contributed by atoms with Gasteiger partial charge in [-0.15, -0.1) is 5.10 Å². The average Bonchev–Trinajstić information content (AvgIpc) is 3.18. The molecule has 1 unspecified atom stereocenters. The van der Waals surface area contributed by atoms with Gasteiger partial charge in [0.1, 0.15) is 0 Å². The molecule has 2 atom stereocenters. The van der Waals surface area contributed by atoms with Crippen molar-refractivity contribution in [1.29, 1.82) is 0 Å². The van der Waals surface area contributed by atoms with Crippen LogP contribution in [0.5, 0.6) is 0 Å². The number of anilines is 2. The highest BCUT2D eigenvalue weighted by Crippen LogP contribution is 2.41. The number of fused-ring (bicyclic) bond motifs is 1. The van der Waals surface area contributed by atoms with Crippen molar-refractivity contribution in [3.63, 3.8) is 0 Å². The summed E-state index contributed by atoms with van der Waals surface area (Å²) in [6.45, 7) is 11.3. The predicted molar refractivity (Wildman–Crippen MR) is 133 cm³/mol. The van der Waals surface area contributed by atoms with E-state index >= 15 is 0 Å². The van der Waals surface area contributed by atoms with Crippen LogP contribution in [0, 0.1) is 19.3 Å². The van der Waals surface area contributed by atoms with Gasteiger partial charge in [-0.2, -0.15) is 5.10 Å². The van der Waals surface area contributed by atoms with Crippen molar-refractivity contribution in [1.82, 2.24) is 15.1 Å². The van der Waals surface area contributed by atoms with Crippen LogP contribution in [-0.4, -0.2) is 48.3 Å². The molecule has 3 heterocycles. The van der Waals surface area contributed by atoms with E-state index < -0.39 is 0 Å². The van der Waals surface area contributed by atoms with Gasteiger partial charge in [-0.3, -0.25) is 0 Å². The number of hydrogen-bond acceptors (Lipinski definition) is 5. The fourth-order valence-corrected chi connectivity index (χ4v) is 5.84. The van der Waals surface area contributed by atoms with Crippen molar-refractivity contribution in [2.45, 2.75) is 46.1 Å². The molecule has 0 saturated carbocycles. The molecule has 2 aromatic carbocycles. The number of aromatic nitrogens is 2. The number of benzene rings is 2. The smallest absolute Gasteiger partial charge is 0.157 e. The molecule has 2 saturated heterocycles. The van der Waals surface area contributed by atoms with Crippen molar-refractivity contribution in [3.05, 3.63) is 59.3 Å². The summed E-state index contributed by atoms with van der Waals surface area (Å²) in [5, 5.41) is 14.7. The third-order valence-electron chi connectivity index (χ3n) is 7.77. The summed E-state index contributed by atoms with van der Waals surface area (Å²) in [5.74, 6) is 0.865. The Morgan fingerprint density at radius 3 is 2.78 bits per heavy atom. The Bertz CT molecular complexity index is 1130. The van der Waals surface area contributed by atoms with Gasteiger partial charge in [0.05, 0.1) is 12.2 Å². The van der Waals surface area contributed by atoms with Crippen LogP contribution in [0.25, 0.3) is 10.8 Å². The Morgan fingerprint density at radius 1 is 1.06 bits per heavy atom. The Balaban J connectivity index is 1.42. The van der Waals surface area contributed by atoms with Crippen molar-refractivity contribution in [2.75, 3.05) is 43.4 Å². The van der Waals surface area contributed by atoms with E-state index in [1.807, 2.05) is 6.20 Å². The molecule has 0 bridgehead atoms. The van der Waals surface area contributed by atoms with E-state index in [0.29, 0.717) is 5.41 Å². The van der Waals surface area contributed by atoms with E-state index in [1.165, 1.54) is 54.7 Å². The molecule has 5 rings (SSSR count). The Kier molecular flexibility index (Phi) is 5.54. The van der Waals surface area contributed by atoms with Crippen molar-refractivity contribution in [3.8, 4) is 0 Å². The summed E-state index contributed by atoms with van der Waals surface area (Å²) in [7, 11) is 2.27. The van der Waals surface area contributed by atoms with Crippen LogP contribution in [-0.2, 0) is 0 Å². The quantitative estimate of drug-likeness (QED) is 0.606. The molecule has 3 aromatic rings. The second-order valence-electron chi connectivity index (χ2n) is 10.1. The lowest BCUT2D eigenvalue weighted by molar-refractivity contribution is 0.128. The summed E-state index contributed by atoms with van der Waals surface area (Å²) in [6, 6.07) is 13.4. The van der Waals surface area contributed by atoms with Gasteiger partial charge in [-0.25, -0.2) is 0 Å². The van der Waals surface area contributed by atoms with E-state index in [2.05, 4.69) is 89.5 Å². The monoisotopic (exact) mass is 429 g/mol. The maximum Gasteiger partial charge on any atom is 0.157 e. The Hall–Kier alpha value is -2.66. The first kappa shape index (κ1) is 21.2. The van der Waals surface area contributed by atoms with Crippen molar-refractivity contribution >= 4 is 22.3 Å². The van der Waals surface area contributed by atoms with Gasteiger partial charge in [0.2, 0.25) is 0 Å². The lowest BCUT2D eigenvalue weighted by Gasteiger charge is -2.38. The molecule has 0 aliphatic carbocycles. The normalized spacial score (nSPS) is 22.6. The minimum absolute atomic E-state index is 0.159. The minimum Gasteiger partial charge on any atom is -0.371 e. The van der Waals surface area contributed by atoms with E-state index in [-0.39, 0.29) is 6.04 Å². The number of nitrogens with zero attached hydrogens (tertiary/aromatic N) is 4. The second-order valence-corrected chi connectivity index (χ2v) is 10.1. The number of hydrogen-bond donors (Lipinski definition) is 1. The molecule has 0 radical (unpaired) electrons. The molecule has 5 heteroatoms. The fourth-order valence-electron chi connectivity index (χ4n) is 5.84. The van der Waals surface area contributed by atoms with Gasteiger partial charge in [0.15, 0.2) is 5.82 Å². The van der Waals surface area contributed by atoms with Crippen LogP contribution >= 0.6 is 0 Å². The van der Waals surface area contributed by atoms with Crippen LogP contribution in [0.4, 0.5) is 11.5 Å². The standard InChI is InChI=1S/C27H35N5/c1-19-7-5-8-24(20(19)2)21(3)29-26-25-15-23(10-9-22(25)16-28-30-26)32-14-12-27(18-32)11-6-13-31(4)17-27/h5,7-10,15-16,21H,6,11-14,17-18H2,1-4H3,(H,29,30)/t21-,27?/m1/s1. The molecular formula is C27H35N5. The molecule has 1 N–H and O–H groups in total. The molecule has 0 amide bonds. The molecule has 32 heavy (non-hydrogen) atoms. The van der Waals surface area contributed by atoms with E-state index in [1.54, 1.807) is 0 Å². The maximum absolute atomic E-state index is 4.50. The maximum atomic E-state index is 4.50. The van der Waals surface area contributed by atoms with Crippen LogP contribution < -0.4 is 10.2 Å². The molecule has 1 aromatic heterocycles. The van der Waals surface area contributed by atoms with Gasteiger partial charge in [-0.05, 0) is 82.4 Å². The van der Waals surface area contributed by atoms with E-state index in [9.17, 15) is 0 Å². The summed E-state index contributed by atoms with van der Waals surface area (Å²) in [5.41, 5.74) is 5.72.